The van der Waals surface area contributed by atoms with Gasteiger partial charge >= 0.3 is 0 Å². The molecule has 1 fully saturated rings. The molecule has 2 heterocycles. The van der Waals surface area contributed by atoms with Gasteiger partial charge in [-0.15, -0.1) is 0 Å². The number of benzene rings is 2. The lowest BCUT2D eigenvalue weighted by molar-refractivity contribution is 0.0947. The Labute approximate surface area is 161 Å². The van der Waals surface area contributed by atoms with E-state index in [0.29, 0.717) is 6.54 Å². The summed E-state index contributed by atoms with van der Waals surface area (Å²) >= 11 is 0. The predicted molar refractivity (Wildman–Crippen MR) is 110 cm³/mol. The minimum Gasteiger partial charge on any atom is -0.355 e. The standard InChI is InChI=1S/C22H28N4O/c1-22(2)17-5-3-4-6-19(17)25-20-8-7-16(15-18(20)22)21(27)24-11-14-26-12-9-23-10-13-26/h3-8,15,23,25H,9-14H2,1-2H3,(H,24,27). The van der Waals surface area contributed by atoms with Crippen molar-refractivity contribution in [2.24, 2.45) is 0 Å². The van der Waals surface area contributed by atoms with Crippen LogP contribution in [0.5, 0.6) is 0 Å². The van der Waals surface area contributed by atoms with Crippen molar-refractivity contribution in [2.75, 3.05) is 44.6 Å². The summed E-state index contributed by atoms with van der Waals surface area (Å²) in [6.07, 6.45) is 0. The Bertz CT molecular complexity index is 840. The van der Waals surface area contributed by atoms with Crippen molar-refractivity contribution in [3.8, 4) is 0 Å². The molecule has 2 aliphatic rings. The molecule has 3 N–H and O–H groups in total. The highest BCUT2D eigenvalue weighted by molar-refractivity contribution is 5.95. The summed E-state index contributed by atoms with van der Waals surface area (Å²) in [6.45, 7) is 10.2. The van der Waals surface area contributed by atoms with E-state index >= 15 is 0 Å². The van der Waals surface area contributed by atoms with Gasteiger partial charge in [-0.05, 0) is 35.4 Å². The fourth-order valence-corrected chi connectivity index (χ4v) is 4.10. The first-order valence-electron chi connectivity index (χ1n) is 9.78. The average Bonchev–Trinajstić information content (AvgIpc) is 2.69. The van der Waals surface area contributed by atoms with Crippen molar-refractivity contribution >= 4 is 17.3 Å². The number of para-hydroxylation sites is 1. The van der Waals surface area contributed by atoms with Crippen molar-refractivity contribution in [1.82, 2.24) is 15.5 Å². The molecule has 0 atom stereocenters. The van der Waals surface area contributed by atoms with Gasteiger partial charge < -0.3 is 16.0 Å². The fraction of sp³-hybridized carbons (Fsp3) is 0.409. The first-order valence-corrected chi connectivity index (χ1v) is 9.78. The average molecular weight is 364 g/mol. The zero-order valence-electron chi connectivity index (χ0n) is 16.1. The van der Waals surface area contributed by atoms with Crippen molar-refractivity contribution < 1.29 is 4.79 Å². The van der Waals surface area contributed by atoms with E-state index in [2.05, 4.69) is 52.9 Å². The molecule has 5 nitrogen and oxygen atoms in total. The molecule has 142 valence electrons. The third kappa shape index (κ3) is 3.57. The molecule has 0 radical (unpaired) electrons. The highest BCUT2D eigenvalue weighted by Gasteiger charge is 2.32. The Morgan fingerprint density at radius 3 is 2.63 bits per heavy atom. The molecule has 1 saturated heterocycles. The second kappa shape index (κ2) is 7.33. The first-order chi connectivity index (χ1) is 13.1. The zero-order valence-corrected chi connectivity index (χ0v) is 16.1. The predicted octanol–water partition coefficient (Wildman–Crippen LogP) is 2.70. The largest absolute Gasteiger partial charge is 0.355 e. The van der Waals surface area contributed by atoms with Crippen LogP contribution in [0.3, 0.4) is 0 Å². The number of piperazine rings is 1. The Balaban J connectivity index is 1.47. The lowest BCUT2D eigenvalue weighted by Crippen LogP contribution is -2.46. The number of hydrogen-bond donors (Lipinski definition) is 3. The van der Waals surface area contributed by atoms with Crippen molar-refractivity contribution in [1.29, 1.82) is 0 Å². The van der Waals surface area contributed by atoms with Crippen LogP contribution in [0, 0.1) is 0 Å². The normalized spacial score (nSPS) is 18.1. The number of nitrogens with one attached hydrogen (secondary N) is 3. The van der Waals surface area contributed by atoms with Crippen LogP contribution in [0.25, 0.3) is 0 Å². The Kier molecular flexibility index (Phi) is 4.89. The van der Waals surface area contributed by atoms with Crippen LogP contribution in [0.4, 0.5) is 11.4 Å². The van der Waals surface area contributed by atoms with Crippen LogP contribution in [0.2, 0.25) is 0 Å². The highest BCUT2D eigenvalue weighted by Crippen LogP contribution is 2.45. The van der Waals surface area contributed by atoms with E-state index in [1.54, 1.807) is 0 Å². The SMILES string of the molecule is CC1(C)c2ccccc2Nc2ccc(C(=O)NCCN3CCNCC3)cc21. The number of fused-ring (bicyclic) bond motifs is 2. The Morgan fingerprint density at radius 2 is 1.81 bits per heavy atom. The number of rotatable bonds is 4. The van der Waals surface area contributed by atoms with E-state index < -0.39 is 0 Å². The summed E-state index contributed by atoms with van der Waals surface area (Å²) < 4.78 is 0. The van der Waals surface area contributed by atoms with Crippen molar-refractivity contribution in [3.63, 3.8) is 0 Å². The number of hydrogen-bond acceptors (Lipinski definition) is 4. The molecule has 2 aromatic rings. The number of anilines is 2. The fourth-order valence-electron chi connectivity index (χ4n) is 4.10. The number of carbonyl (C=O) groups is 1. The summed E-state index contributed by atoms with van der Waals surface area (Å²) in [5.74, 6) is 0.00240. The molecular weight excluding hydrogens is 336 g/mol. The molecule has 2 aromatic carbocycles. The zero-order chi connectivity index (χ0) is 18.9. The quantitative estimate of drug-likeness (QED) is 0.781. The van der Waals surface area contributed by atoms with Crippen molar-refractivity contribution in [2.45, 2.75) is 19.3 Å². The molecule has 0 saturated carbocycles. The summed E-state index contributed by atoms with van der Waals surface area (Å²) in [6, 6.07) is 14.4. The Hall–Kier alpha value is -2.37. The van der Waals surface area contributed by atoms with E-state index in [1.165, 1.54) is 5.56 Å². The maximum absolute atomic E-state index is 12.7. The molecule has 0 aromatic heterocycles. The lowest BCUT2D eigenvalue weighted by Gasteiger charge is -2.35. The monoisotopic (exact) mass is 364 g/mol. The number of carbonyl (C=O) groups excluding carboxylic acids is 1. The van der Waals surface area contributed by atoms with Crippen LogP contribution < -0.4 is 16.0 Å². The van der Waals surface area contributed by atoms with Gasteiger partial charge in [0.2, 0.25) is 0 Å². The van der Waals surface area contributed by atoms with Gasteiger partial charge in [0.05, 0.1) is 0 Å². The summed E-state index contributed by atoms with van der Waals surface area (Å²) in [5.41, 5.74) is 5.22. The van der Waals surface area contributed by atoms with Gasteiger partial charge in [0.25, 0.3) is 5.91 Å². The Morgan fingerprint density at radius 1 is 1.07 bits per heavy atom. The third-order valence-corrected chi connectivity index (χ3v) is 5.75. The van der Waals surface area contributed by atoms with Crippen LogP contribution in [0.15, 0.2) is 42.5 Å². The molecule has 0 aliphatic carbocycles. The lowest BCUT2D eigenvalue weighted by atomic mass is 9.74. The molecule has 5 heteroatoms. The van der Waals surface area contributed by atoms with Gasteiger partial charge in [-0.3, -0.25) is 9.69 Å². The maximum atomic E-state index is 12.7. The van der Waals surface area contributed by atoms with Gasteiger partial charge in [0.15, 0.2) is 0 Å². The molecule has 4 rings (SSSR count). The molecule has 0 unspecified atom stereocenters. The smallest absolute Gasteiger partial charge is 0.251 e. The van der Waals surface area contributed by atoms with Gasteiger partial charge in [-0.2, -0.15) is 0 Å². The van der Waals surface area contributed by atoms with Gasteiger partial charge in [0.1, 0.15) is 0 Å². The van der Waals surface area contributed by atoms with Crippen LogP contribution >= 0.6 is 0 Å². The second-order valence-corrected chi connectivity index (χ2v) is 7.90. The number of amides is 1. The summed E-state index contributed by atoms with van der Waals surface area (Å²) in [7, 11) is 0. The minimum atomic E-state index is -0.145. The topological polar surface area (TPSA) is 56.4 Å². The van der Waals surface area contributed by atoms with Gasteiger partial charge in [0, 0.05) is 61.6 Å². The van der Waals surface area contributed by atoms with Gasteiger partial charge in [-0.25, -0.2) is 0 Å². The molecule has 0 bridgehead atoms. The maximum Gasteiger partial charge on any atom is 0.251 e. The number of nitrogens with zero attached hydrogens (tertiary/aromatic N) is 1. The molecule has 0 spiro atoms. The van der Waals surface area contributed by atoms with E-state index in [1.807, 2.05) is 24.3 Å². The molecule has 27 heavy (non-hydrogen) atoms. The first kappa shape index (κ1) is 18.0. The van der Waals surface area contributed by atoms with Gasteiger partial charge in [-0.1, -0.05) is 32.0 Å². The van der Waals surface area contributed by atoms with E-state index in [-0.39, 0.29) is 11.3 Å². The van der Waals surface area contributed by atoms with E-state index in [9.17, 15) is 4.79 Å². The third-order valence-electron chi connectivity index (χ3n) is 5.75. The highest BCUT2D eigenvalue weighted by atomic mass is 16.1. The van der Waals surface area contributed by atoms with Crippen LogP contribution in [0.1, 0.15) is 35.3 Å². The minimum absolute atomic E-state index is 0.00240. The molecule has 2 aliphatic heterocycles. The summed E-state index contributed by atoms with van der Waals surface area (Å²) in [4.78, 5) is 15.0. The van der Waals surface area contributed by atoms with Crippen LogP contribution in [-0.2, 0) is 5.41 Å². The van der Waals surface area contributed by atoms with Crippen LogP contribution in [-0.4, -0.2) is 50.1 Å². The second-order valence-electron chi connectivity index (χ2n) is 7.90. The molecular formula is C22H28N4O. The summed E-state index contributed by atoms with van der Waals surface area (Å²) in [5, 5.41) is 9.93. The van der Waals surface area contributed by atoms with E-state index in [4.69, 9.17) is 0 Å². The van der Waals surface area contributed by atoms with E-state index in [0.717, 1.165) is 55.2 Å². The molecule has 1 amide bonds. The van der Waals surface area contributed by atoms with Crippen molar-refractivity contribution in [3.05, 3.63) is 59.2 Å².